The highest BCUT2D eigenvalue weighted by molar-refractivity contribution is 4.98. The van der Waals surface area contributed by atoms with Crippen molar-refractivity contribution < 1.29 is 5.11 Å². The van der Waals surface area contributed by atoms with E-state index in [2.05, 4.69) is 11.8 Å². The minimum Gasteiger partial charge on any atom is -0.387 e. The topological polar surface area (TPSA) is 47.3 Å². The molecule has 0 aliphatic carbocycles. The van der Waals surface area contributed by atoms with E-state index in [1.165, 1.54) is 0 Å². The summed E-state index contributed by atoms with van der Waals surface area (Å²) in [4.78, 5) is 2.08. The lowest BCUT2D eigenvalue weighted by molar-refractivity contribution is 0.0565. The maximum absolute atomic E-state index is 9.77. The molecule has 3 nitrogen and oxygen atoms in total. The van der Waals surface area contributed by atoms with Gasteiger partial charge in [-0.25, -0.2) is 0 Å². The van der Waals surface area contributed by atoms with Gasteiger partial charge in [-0.1, -0.05) is 0 Å². The lowest BCUT2D eigenvalue weighted by Crippen LogP contribution is -2.31. The summed E-state index contributed by atoms with van der Waals surface area (Å²) in [5, 5.41) is 18.2. The summed E-state index contributed by atoms with van der Waals surface area (Å²) in [5.41, 5.74) is -0.747. The van der Waals surface area contributed by atoms with E-state index in [0.29, 0.717) is 12.6 Å². The first-order valence-electron chi connectivity index (χ1n) is 3.87. The molecule has 0 aromatic carbocycles. The molecule has 1 N–H and O–H groups in total. The number of β-amino-alcohol motifs (C(OH)–C–C–N with tert-alkyl or cyclic N) is 1. The van der Waals surface area contributed by atoms with Crippen LogP contribution in [0.4, 0.5) is 0 Å². The van der Waals surface area contributed by atoms with Crippen LogP contribution in [0.2, 0.25) is 0 Å². The average Bonchev–Trinajstić information content (AvgIpc) is 2.08. The van der Waals surface area contributed by atoms with E-state index >= 15 is 0 Å². The third kappa shape index (κ3) is 1.70. The maximum atomic E-state index is 9.77. The Labute approximate surface area is 67.2 Å². The van der Waals surface area contributed by atoms with E-state index < -0.39 is 5.60 Å². The summed E-state index contributed by atoms with van der Waals surface area (Å²) >= 11 is 0. The van der Waals surface area contributed by atoms with Gasteiger partial charge in [-0.15, -0.1) is 0 Å². The van der Waals surface area contributed by atoms with E-state index in [1.54, 1.807) is 0 Å². The second-order valence-electron chi connectivity index (χ2n) is 3.53. The van der Waals surface area contributed by atoms with E-state index in [0.717, 1.165) is 6.42 Å². The Kier molecular flexibility index (Phi) is 2.17. The molecule has 0 spiro atoms. The van der Waals surface area contributed by atoms with Crippen LogP contribution in [0.1, 0.15) is 19.8 Å². The Bertz CT molecular complexity index is 175. The number of hydrogen-bond acceptors (Lipinski definition) is 3. The molecule has 1 fully saturated rings. The SMILES string of the molecule is CC1CC(O)(CC#N)CN1C. The zero-order valence-corrected chi connectivity index (χ0v) is 7.04. The third-order valence-corrected chi connectivity index (χ3v) is 2.38. The highest BCUT2D eigenvalue weighted by Gasteiger charge is 2.38. The molecule has 0 bridgehead atoms. The van der Waals surface area contributed by atoms with E-state index in [-0.39, 0.29) is 6.42 Å². The van der Waals surface area contributed by atoms with E-state index in [1.807, 2.05) is 13.1 Å². The van der Waals surface area contributed by atoms with Gasteiger partial charge >= 0.3 is 0 Å². The summed E-state index contributed by atoms with van der Waals surface area (Å²) in [6.07, 6.45) is 0.971. The number of rotatable bonds is 1. The minimum atomic E-state index is -0.747. The molecule has 3 heteroatoms. The molecule has 0 radical (unpaired) electrons. The van der Waals surface area contributed by atoms with Gasteiger partial charge in [0.05, 0.1) is 18.1 Å². The Morgan fingerprint density at radius 1 is 1.82 bits per heavy atom. The van der Waals surface area contributed by atoms with Crippen molar-refractivity contribution in [3.8, 4) is 6.07 Å². The normalized spacial score (nSPS) is 38.9. The van der Waals surface area contributed by atoms with Gasteiger partial charge in [0.2, 0.25) is 0 Å². The Morgan fingerprint density at radius 3 is 2.82 bits per heavy atom. The van der Waals surface area contributed by atoms with Crippen LogP contribution >= 0.6 is 0 Å². The second kappa shape index (κ2) is 2.80. The first kappa shape index (κ1) is 8.51. The first-order valence-corrected chi connectivity index (χ1v) is 3.87. The monoisotopic (exact) mass is 154 g/mol. The van der Waals surface area contributed by atoms with Gasteiger partial charge in [0.15, 0.2) is 0 Å². The standard InChI is InChI=1S/C8H14N2O/c1-7-5-8(11,3-4-9)6-10(7)2/h7,11H,3,5-6H2,1-2H3. The van der Waals surface area contributed by atoms with Crippen LogP contribution in [-0.2, 0) is 0 Å². The molecule has 0 saturated carbocycles. The smallest absolute Gasteiger partial charge is 0.0918 e. The number of nitriles is 1. The van der Waals surface area contributed by atoms with Gasteiger partial charge < -0.3 is 10.0 Å². The largest absolute Gasteiger partial charge is 0.387 e. The van der Waals surface area contributed by atoms with Crippen molar-refractivity contribution in [1.82, 2.24) is 4.90 Å². The van der Waals surface area contributed by atoms with E-state index in [4.69, 9.17) is 5.26 Å². The summed E-state index contributed by atoms with van der Waals surface area (Å²) in [6, 6.07) is 2.41. The molecular formula is C8H14N2O. The molecule has 1 heterocycles. The summed E-state index contributed by atoms with van der Waals surface area (Å²) in [7, 11) is 1.97. The highest BCUT2D eigenvalue weighted by Crippen LogP contribution is 2.27. The minimum absolute atomic E-state index is 0.252. The molecule has 11 heavy (non-hydrogen) atoms. The van der Waals surface area contributed by atoms with Crippen LogP contribution in [0.25, 0.3) is 0 Å². The molecule has 62 valence electrons. The van der Waals surface area contributed by atoms with Crippen LogP contribution < -0.4 is 0 Å². The molecule has 0 amide bonds. The van der Waals surface area contributed by atoms with Gasteiger partial charge in [-0.3, -0.25) is 0 Å². The second-order valence-corrected chi connectivity index (χ2v) is 3.53. The molecule has 2 atom stereocenters. The van der Waals surface area contributed by atoms with Crippen LogP contribution in [0, 0.1) is 11.3 Å². The molecule has 0 aromatic rings. The predicted octanol–water partition coefficient (Wildman–Crippen LogP) is 0.355. The van der Waals surface area contributed by atoms with Crippen molar-refractivity contribution in [3.63, 3.8) is 0 Å². The fraction of sp³-hybridized carbons (Fsp3) is 0.875. The van der Waals surface area contributed by atoms with Gasteiger partial charge in [0.25, 0.3) is 0 Å². The highest BCUT2D eigenvalue weighted by atomic mass is 16.3. The lowest BCUT2D eigenvalue weighted by Gasteiger charge is -2.17. The predicted molar refractivity (Wildman–Crippen MR) is 41.9 cm³/mol. The summed E-state index contributed by atoms with van der Waals surface area (Å²) < 4.78 is 0. The van der Waals surface area contributed by atoms with Crippen LogP contribution in [0.15, 0.2) is 0 Å². The van der Waals surface area contributed by atoms with Gasteiger partial charge in [-0.2, -0.15) is 5.26 Å². The molecule has 1 rings (SSSR count). The fourth-order valence-electron chi connectivity index (χ4n) is 1.67. The Morgan fingerprint density at radius 2 is 2.45 bits per heavy atom. The maximum Gasteiger partial charge on any atom is 0.0918 e. The van der Waals surface area contributed by atoms with Crippen molar-refractivity contribution in [2.24, 2.45) is 0 Å². The molecule has 1 saturated heterocycles. The fourth-order valence-corrected chi connectivity index (χ4v) is 1.67. The van der Waals surface area contributed by atoms with Crippen molar-refractivity contribution in [2.75, 3.05) is 13.6 Å². The third-order valence-electron chi connectivity index (χ3n) is 2.38. The number of likely N-dealkylation sites (N-methyl/N-ethyl adjacent to an activating group) is 1. The number of hydrogen-bond donors (Lipinski definition) is 1. The molecule has 1 aliphatic heterocycles. The zero-order valence-electron chi connectivity index (χ0n) is 7.04. The quantitative estimate of drug-likeness (QED) is 0.593. The Hall–Kier alpha value is -0.590. The van der Waals surface area contributed by atoms with Crippen molar-refractivity contribution in [1.29, 1.82) is 5.26 Å². The molecule has 1 aliphatic rings. The van der Waals surface area contributed by atoms with Crippen LogP contribution in [-0.4, -0.2) is 35.2 Å². The van der Waals surface area contributed by atoms with Crippen LogP contribution in [0.3, 0.4) is 0 Å². The molecule has 0 aromatic heterocycles. The first-order chi connectivity index (χ1) is 5.07. The van der Waals surface area contributed by atoms with Gasteiger partial charge in [0, 0.05) is 12.6 Å². The number of aliphatic hydroxyl groups is 1. The Balaban J connectivity index is 2.58. The number of likely N-dealkylation sites (tertiary alicyclic amines) is 1. The lowest BCUT2D eigenvalue weighted by atomic mass is 9.98. The molecule has 2 unspecified atom stereocenters. The molecular weight excluding hydrogens is 140 g/mol. The zero-order chi connectivity index (χ0) is 8.48. The summed E-state index contributed by atoms with van der Waals surface area (Å²) in [6.45, 7) is 2.69. The van der Waals surface area contributed by atoms with Gasteiger partial charge in [0.1, 0.15) is 0 Å². The summed E-state index contributed by atoms with van der Waals surface area (Å²) in [5.74, 6) is 0. The average molecular weight is 154 g/mol. The van der Waals surface area contributed by atoms with E-state index in [9.17, 15) is 5.11 Å². The van der Waals surface area contributed by atoms with Crippen molar-refractivity contribution in [3.05, 3.63) is 0 Å². The number of nitrogens with zero attached hydrogens (tertiary/aromatic N) is 2. The van der Waals surface area contributed by atoms with Crippen molar-refractivity contribution >= 4 is 0 Å². The van der Waals surface area contributed by atoms with Crippen molar-refractivity contribution in [2.45, 2.75) is 31.4 Å². The van der Waals surface area contributed by atoms with Gasteiger partial charge in [-0.05, 0) is 20.4 Å². The van der Waals surface area contributed by atoms with Crippen LogP contribution in [0.5, 0.6) is 0 Å².